The van der Waals surface area contributed by atoms with Crippen molar-refractivity contribution < 1.29 is 9.53 Å². The van der Waals surface area contributed by atoms with Crippen molar-refractivity contribution in [1.82, 2.24) is 9.78 Å². The topological polar surface area (TPSA) is 79.9 Å². The van der Waals surface area contributed by atoms with Gasteiger partial charge in [-0.15, -0.1) is 0 Å². The fraction of sp³-hybridized carbons (Fsp3) is 0.105. The quantitative estimate of drug-likeness (QED) is 0.795. The summed E-state index contributed by atoms with van der Waals surface area (Å²) in [6.07, 6.45) is 0. The van der Waals surface area contributed by atoms with Gasteiger partial charge in [0.05, 0.1) is 24.4 Å². The van der Waals surface area contributed by atoms with Crippen LogP contribution in [-0.4, -0.2) is 22.8 Å². The summed E-state index contributed by atoms with van der Waals surface area (Å²) in [6, 6.07) is 17.9. The number of carbonyl (C=O) groups is 1. The molecule has 6 heteroatoms. The number of nitrogens with zero attached hydrogens (tertiary/aromatic N) is 3. The molecule has 0 atom stereocenters. The summed E-state index contributed by atoms with van der Waals surface area (Å²) in [5, 5.41) is 16.1. The van der Waals surface area contributed by atoms with E-state index in [0.29, 0.717) is 16.9 Å². The van der Waals surface area contributed by atoms with Gasteiger partial charge in [-0.1, -0.05) is 6.07 Å². The summed E-state index contributed by atoms with van der Waals surface area (Å²) < 4.78 is 6.84. The predicted molar refractivity (Wildman–Crippen MR) is 94.0 cm³/mol. The van der Waals surface area contributed by atoms with Crippen LogP contribution < -0.4 is 10.1 Å². The Morgan fingerprint density at radius 3 is 2.64 bits per heavy atom. The van der Waals surface area contributed by atoms with Gasteiger partial charge in [0.25, 0.3) is 5.91 Å². The average molecular weight is 332 g/mol. The Balaban J connectivity index is 1.83. The summed E-state index contributed by atoms with van der Waals surface area (Å²) in [6.45, 7) is 1.88. The lowest BCUT2D eigenvalue weighted by Crippen LogP contribution is -2.13. The number of hydrogen-bond donors (Lipinski definition) is 1. The van der Waals surface area contributed by atoms with Crippen LogP contribution >= 0.6 is 0 Å². The molecule has 0 aliphatic rings. The zero-order valence-corrected chi connectivity index (χ0v) is 13.9. The number of aryl methyl sites for hydroxylation is 1. The standard InChI is InChI=1S/C19H16N4O2/c1-13-10-18(19(24)21-15-5-3-4-14(11-15)12-20)22-23(13)16-6-8-17(25-2)9-7-16/h3-11H,1-2H3,(H,21,24). The van der Waals surface area contributed by atoms with Crippen LogP contribution in [0.4, 0.5) is 5.69 Å². The molecule has 0 aliphatic heterocycles. The number of rotatable bonds is 4. The number of nitrogens with one attached hydrogen (secondary N) is 1. The van der Waals surface area contributed by atoms with Gasteiger partial charge >= 0.3 is 0 Å². The van der Waals surface area contributed by atoms with Crippen molar-refractivity contribution in [1.29, 1.82) is 5.26 Å². The van der Waals surface area contributed by atoms with Crippen LogP contribution in [0.2, 0.25) is 0 Å². The lowest BCUT2D eigenvalue weighted by molar-refractivity contribution is 0.102. The van der Waals surface area contributed by atoms with E-state index in [4.69, 9.17) is 10.00 Å². The number of nitriles is 1. The van der Waals surface area contributed by atoms with E-state index in [1.54, 1.807) is 42.1 Å². The SMILES string of the molecule is COc1ccc(-n2nc(C(=O)Nc3cccc(C#N)c3)cc2C)cc1. The Bertz CT molecular complexity index is 952. The molecule has 0 radical (unpaired) electrons. The van der Waals surface area contributed by atoms with Crippen molar-refractivity contribution in [2.75, 3.05) is 12.4 Å². The Morgan fingerprint density at radius 1 is 1.20 bits per heavy atom. The van der Waals surface area contributed by atoms with E-state index in [1.807, 2.05) is 37.3 Å². The van der Waals surface area contributed by atoms with Gasteiger partial charge in [0.15, 0.2) is 5.69 Å². The molecule has 3 rings (SSSR count). The molecule has 0 spiro atoms. The first-order valence-corrected chi connectivity index (χ1v) is 7.63. The maximum Gasteiger partial charge on any atom is 0.276 e. The van der Waals surface area contributed by atoms with E-state index in [2.05, 4.69) is 10.4 Å². The molecule has 0 saturated carbocycles. The van der Waals surface area contributed by atoms with Crippen LogP contribution in [0.25, 0.3) is 5.69 Å². The minimum Gasteiger partial charge on any atom is -0.497 e. The first-order valence-electron chi connectivity index (χ1n) is 7.63. The van der Waals surface area contributed by atoms with E-state index in [0.717, 1.165) is 17.1 Å². The molecule has 0 bridgehead atoms. The highest BCUT2D eigenvalue weighted by atomic mass is 16.5. The van der Waals surface area contributed by atoms with Crippen molar-refractivity contribution >= 4 is 11.6 Å². The lowest BCUT2D eigenvalue weighted by Gasteiger charge is -2.05. The van der Waals surface area contributed by atoms with E-state index in [-0.39, 0.29) is 5.91 Å². The van der Waals surface area contributed by atoms with E-state index >= 15 is 0 Å². The van der Waals surface area contributed by atoms with Crippen LogP contribution in [0.3, 0.4) is 0 Å². The minimum atomic E-state index is -0.328. The van der Waals surface area contributed by atoms with E-state index in [1.165, 1.54) is 0 Å². The van der Waals surface area contributed by atoms with E-state index < -0.39 is 0 Å². The molecule has 1 N–H and O–H groups in total. The molecule has 1 heterocycles. The van der Waals surface area contributed by atoms with E-state index in [9.17, 15) is 4.79 Å². The van der Waals surface area contributed by atoms with Gasteiger partial charge in [0.2, 0.25) is 0 Å². The molecular formula is C19H16N4O2. The zero-order chi connectivity index (χ0) is 17.8. The van der Waals surface area contributed by atoms with Crippen LogP contribution in [0.15, 0.2) is 54.6 Å². The summed E-state index contributed by atoms with van der Waals surface area (Å²) in [5.74, 6) is 0.425. The maximum absolute atomic E-state index is 12.4. The minimum absolute atomic E-state index is 0.302. The first-order chi connectivity index (χ1) is 12.1. The van der Waals surface area contributed by atoms with Crippen LogP contribution in [-0.2, 0) is 0 Å². The molecule has 0 saturated heterocycles. The number of benzene rings is 2. The fourth-order valence-electron chi connectivity index (χ4n) is 2.43. The van der Waals surface area contributed by atoms with Gasteiger partial charge in [-0.2, -0.15) is 10.4 Å². The second-order valence-corrected chi connectivity index (χ2v) is 5.43. The second kappa shape index (κ2) is 6.89. The number of hydrogen-bond acceptors (Lipinski definition) is 4. The van der Waals surface area contributed by atoms with Crippen molar-refractivity contribution in [2.45, 2.75) is 6.92 Å². The van der Waals surface area contributed by atoms with Gasteiger partial charge < -0.3 is 10.1 Å². The Hall–Kier alpha value is -3.59. The first kappa shape index (κ1) is 16.3. The van der Waals surface area contributed by atoms with Gasteiger partial charge in [-0.25, -0.2) is 4.68 Å². The van der Waals surface area contributed by atoms with Gasteiger partial charge in [0.1, 0.15) is 5.75 Å². The molecule has 124 valence electrons. The predicted octanol–water partition coefficient (Wildman–Crippen LogP) is 3.31. The third-order valence-electron chi connectivity index (χ3n) is 3.69. The highest BCUT2D eigenvalue weighted by molar-refractivity contribution is 6.03. The molecule has 0 unspecified atom stereocenters. The van der Waals surface area contributed by atoms with Gasteiger partial charge in [-0.05, 0) is 55.5 Å². The van der Waals surface area contributed by atoms with Crippen LogP contribution in [0.5, 0.6) is 5.75 Å². The monoisotopic (exact) mass is 332 g/mol. The number of anilines is 1. The molecule has 3 aromatic rings. The number of methoxy groups -OCH3 is 1. The molecule has 0 aliphatic carbocycles. The van der Waals surface area contributed by atoms with Crippen molar-refractivity contribution in [2.24, 2.45) is 0 Å². The normalized spacial score (nSPS) is 10.1. The lowest BCUT2D eigenvalue weighted by atomic mass is 10.2. The molecule has 25 heavy (non-hydrogen) atoms. The third-order valence-corrected chi connectivity index (χ3v) is 3.69. The maximum atomic E-state index is 12.4. The average Bonchev–Trinajstić information content (AvgIpc) is 3.04. The number of amides is 1. The Morgan fingerprint density at radius 2 is 1.96 bits per heavy atom. The molecule has 1 aromatic heterocycles. The number of ether oxygens (including phenoxy) is 1. The molecule has 1 amide bonds. The summed E-state index contributed by atoms with van der Waals surface area (Å²) in [5.41, 5.74) is 3.01. The van der Waals surface area contributed by atoms with Crippen molar-refractivity contribution in [3.8, 4) is 17.5 Å². The van der Waals surface area contributed by atoms with Crippen LogP contribution in [0, 0.1) is 18.3 Å². The number of aromatic nitrogens is 2. The third kappa shape index (κ3) is 3.51. The van der Waals surface area contributed by atoms with Gasteiger partial charge in [-0.3, -0.25) is 4.79 Å². The smallest absolute Gasteiger partial charge is 0.276 e. The van der Waals surface area contributed by atoms with Crippen molar-refractivity contribution in [3.05, 3.63) is 71.5 Å². The number of carbonyl (C=O) groups excluding carboxylic acids is 1. The van der Waals surface area contributed by atoms with Crippen LogP contribution in [0.1, 0.15) is 21.7 Å². The molecule has 2 aromatic carbocycles. The summed E-state index contributed by atoms with van der Waals surface area (Å²) >= 11 is 0. The zero-order valence-electron chi connectivity index (χ0n) is 13.9. The molecular weight excluding hydrogens is 316 g/mol. The Kier molecular flexibility index (Phi) is 4.48. The second-order valence-electron chi connectivity index (χ2n) is 5.43. The highest BCUT2D eigenvalue weighted by Gasteiger charge is 2.14. The molecule has 6 nitrogen and oxygen atoms in total. The molecule has 0 fully saturated rings. The van der Waals surface area contributed by atoms with Crippen molar-refractivity contribution in [3.63, 3.8) is 0 Å². The fourth-order valence-corrected chi connectivity index (χ4v) is 2.43. The summed E-state index contributed by atoms with van der Waals surface area (Å²) in [7, 11) is 1.61. The Labute approximate surface area is 145 Å². The highest BCUT2D eigenvalue weighted by Crippen LogP contribution is 2.18. The van der Waals surface area contributed by atoms with Gasteiger partial charge in [0, 0.05) is 11.4 Å². The summed E-state index contributed by atoms with van der Waals surface area (Å²) in [4.78, 5) is 12.4. The largest absolute Gasteiger partial charge is 0.497 e.